The van der Waals surface area contributed by atoms with E-state index in [1.54, 1.807) is 6.07 Å². The molecule has 0 saturated carbocycles. The summed E-state index contributed by atoms with van der Waals surface area (Å²) in [6.07, 6.45) is 1.05. The summed E-state index contributed by atoms with van der Waals surface area (Å²) < 4.78 is 0. The monoisotopic (exact) mass is 222 g/mol. The molecule has 0 aliphatic carbocycles. The number of ketones is 1. The second-order valence-corrected chi connectivity index (χ2v) is 3.52. The number of rotatable bonds is 4. The minimum absolute atomic E-state index is 0.213. The molecule has 2 nitrogen and oxygen atoms in total. The van der Waals surface area contributed by atoms with E-state index in [1.807, 2.05) is 32.0 Å². The highest BCUT2D eigenvalue weighted by Gasteiger charge is 2.07. The average Bonchev–Trinajstić information content (AvgIpc) is 2.39. The Morgan fingerprint density at radius 2 is 2.00 bits per heavy atom. The van der Waals surface area contributed by atoms with Gasteiger partial charge in [-0.3, -0.25) is 4.79 Å². The lowest BCUT2D eigenvalue weighted by Crippen LogP contribution is -2.05. The fourth-order valence-electron chi connectivity index (χ4n) is 1.35. The summed E-state index contributed by atoms with van der Waals surface area (Å²) >= 11 is 0. The van der Waals surface area contributed by atoms with Gasteiger partial charge in [-0.25, -0.2) is 0 Å². The molecule has 0 aliphatic heterocycles. The van der Waals surface area contributed by atoms with Crippen LogP contribution in [-0.4, -0.2) is 17.5 Å². The highest BCUT2D eigenvalue weighted by Crippen LogP contribution is 2.19. The van der Waals surface area contributed by atoms with Crippen molar-refractivity contribution >= 4 is 5.78 Å². The molecular weight excluding hydrogens is 200 g/mol. The quantitative estimate of drug-likeness (QED) is 0.793. The molecule has 0 fully saturated rings. The van der Waals surface area contributed by atoms with Gasteiger partial charge in [0.05, 0.1) is 0 Å². The molecule has 0 aromatic heterocycles. The summed E-state index contributed by atoms with van der Waals surface area (Å²) in [4.78, 5) is 11.2. The lowest BCUT2D eigenvalue weighted by molar-refractivity contribution is 0.0903. The van der Waals surface area contributed by atoms with E-state index in [1.165, 1.54) is 0 Å². The molecule has 0 radical (unpaired) electrons. The van der Waals surface area contributed by atoms with Crippen molar-refractivity contribution in [2.24, 2.45) is 0 Å². The average molecular weight is 222 g/mol. The molecule has 0 aliphatic rings. The second-order valence-electron chi connectivity index (χ2n) is 3.52. The van der Waals surface area contributed by atoms with Gasteiger partial charge in [0.1, 0.15) is 6.61 Å². The Labute approximate surface area is 98.3 Å². The fraction of sp³-hybridized carbons (Fsp3) is 0.500. The van der Waals surface area contributed by atoms with Gasteiger partial charge in [-0.1, -0.05) is 45.9 Å². The van der Waals surface area contributed by atoms with E-state index in [0.717, 1.165) is 12.0 Å². The van der Waals surface area contributed by atoms with Gasteiger partial charge in [-0.2, -0.15) is 0 Å². The van der Waals surface area contributed by atoms with E-state index in [9.17, 15) is 4.79 Å². The van der Waals surface area contributed by atoms with E-state index >= 15 is 0 Å². The van der Waals surface area contributed by atoms with Crippen molar-refractivity contribution in [3.63, 3.8) is 0 Å². The Morgan fingerprint density at radius 3 is 2.50 bits per heavy atom. The molecule has 1 atom stereocenters. The molecular formula is C14H22O2. The summed E-state index contributed by atoms with van der Waals surface area (Å²) in [5.74, 6) is 0.247. The predicted molar refractivity (Wildman–Crippen MR) is 67.9 cm³/mol. The molecule has 0 spiro atoms. The van der Waals surface area contributed by atoms with Crippen LogP contribution in [0.25, 0.3) is 0 Å². The maximum absolute atomic E-state index is 11.2. The number of carbonyl (C=O) groups is 1. The molecule has 1 N–H and O–H groups in total. The van der Waals surface area contributed by atoms with E-state index < -0.39 is 6.61 Å². The fourth-order valence-corrected chi connectivity index (χ4v) is 1.35. The second kappa shape index (κ2) is 8.05. The number of hydrogen-bond acceptors (Lipinski definition) is 2. The molecule has 0 amide bonds. The maximum atomic E-state index is 11.2. The highest BCUT2D eigenvalue weighted by molar-refractivity contribution is 5.97. The number of Topliss-reactive ketones (excluding diaryl/α,β-unsaturated/α-hetero) is 1. The van der Waals surface area contributed by atoms with Crippen LogP contribution in [0.15, 0.2) is 24.3 Å². The molecule has 0 heterocycles. The zero-order chi connectivity index (χ0) is 12.6. The van der Waals surface area contributed by atoms with Crippen molar-refractivity contribution in [2.45, 2.75) is 40.0 Å². The van der Waals surface area contributed by atoms with Crippen LogP contribution in [0.4, 0.5) is 0 Å². The van der Waals surface area contributed by atoms with Crippen molar-refractivity contribution < 1.29 is 9.90 Å². The number of benzene rings is 1. The highest BCUT2D eigenvalue weighted by atomic mass is 16.3. The van der Waals surface area contributed by atoms with E-state index in [2.05, 4.69) is 13.8 Å². The normalized spacial score (nSPS) is 11.3. The molecule has 1 unspecified atom stereocenters. The van der Waals surface area contributed by atoms with Gasteiger partial charge in [-0.15, -0.1) is 0 Å². The molecule has 90 valence electrons. The van der Waals surface area contributed by atoms with Crippen molar-refractivity contribution in [3.05, 3.63) is 35.4 Å². The van der Waals surface area contributed by atoms with Crippen LogP contribution in [0.5, 0.6) is 0 Å². The maximum Gasteiger partial charge on any atom is 0.188 e. The summed E-state index contributed by atoms with van der Waals surface area (Å²) in [6, 6.07) is 7.49. The number of aliphatic hydroxyl groups excluding tert-OH is 1. The van der Waals surface area contributed by atoms with E-state index in [-0.39, 0.29) is 5.78 Å². The Morgan fingerprint density at radius 1 is 1.38 bits per heavy atom. The van der Waals surface area contributed by atoms with Gasteiger partial charge in [0.2, 0.25) is 0 Å². The Kier molecular flexibility index (Phi) is 7.48. The Bertz CT molecular complexity index is 318. The number of aliphatic hydroxyl groups is 1. The van der Waals surface area contributed by atoms with Crippen molar-refractivity contribution in [1.29, 1.82) is 0 Å². The summed E-state index contributed by atoms with van der Waals surface area (Å²) in [7, 11) is 0. The van der Waals surface area contributed by atoms with Crippen LogP contribution in [0.2, 0.25) is 0 Å². The zero-order valence-electron chi connectivity index (χ0n) is 10.7. The summed E-state index contributed by atoms with van der Waals surface area (Å²) in [6.45, 7) is 7.83. The summed E-state index contributed by atoms with van der Waals surface area (Å²) in [5.41, 5.74) is 1.76. The largest absolute Gasteiger partial charge is 0.388 e. The standard InChI is InChI=1S/C12H16O2.C2H6/c1-3-9(2)10-5-4-6-11(7-10)12(14)8-13;1-2/h4-7,9,13H,3,8H2,1-2H3;1-2H3. The van der Waals surface area contributed by atoms with Crippen molar-refractivity contribution in [1.82, 2.24) is 0 Å². The van der Waals surface area contributed by atoms with Crippen LogP contribution < -0.4 is 0 Å². The summed E-state index contributed by atoms with van der Waals surface area (Å²) in [5, 5.41) is 8.73. The van der Waals surface area contributed by atoms with E-state index in [4.69, 9.17) is 5.11 Å². The number of carbonyl (C=O) groups excluding carboxylic acids is 1. The van der Waals surface area contributed by atoms with Gasteiger partial charge in [-0.05, 0) is 24.0 Å². The first-order chi connectivity index (χ1) is 7.69. The first kappa shape index (κ1) is 14.8. The smallest absolute Gasteiger partial charge is 0.188 e. The molecule has 1 aromatic carbocycles. The molecule has 0 saturated heterocycles. The lowest BCUT2D eigenvalue weighted by Gasteiger charge is -2.09. The molecule has 0 bridgehead atoms. The van der Waals surface area contributed by atoms with Crippen molar-refractivity contribution in [2.75, 3.05) is 6.61 Å². The van der Waals surface area contributed by atoms with Crippen LogP contribution in [0.3, 0.4) is 0 Å². The Balaban J connectivity index is 0.00000106. The SMILES string of the molecule is CC.CCC(C)c1cccc(C(=O)CO)c1. The third kappa shape index (κ3) is 4.15. The first-order valence-corrected chi connectivity index (χ1v) is 5.93. The third-order valence-corrected chi connectivity index (χ3v) is 2.53. The Hall–Kier alpha value is -1.15. The van der Waals surface area contributed by atoms with Gasteiger partial charge in [0.15, 0.2) is 5.78 Å². The lowest BCUT2D eigenvalue weighted by atomic mass is 9.96. The minimum atomic E-state index is -0.413. The van der Waals surface area contributed by atoms with Gasteiger partial charge in [0, 0.05) is 5.56 Å². The molecule has 2 heteroatoms. The van der Waals surface area contributed by atoms with Crippen molar-refractivity contribution in [3.8, 4) is 0 Å². The first-order valence-electron chi connectivity index (χ1n) is 5.93. The predicted octanol–water partition coefficient (Wildman–Crippen LogP) is 3.40. The molecule has 16 heavy (non-hydrogen) atoms. The van der Waals surface area contributed by atoms with Crippen LogP contribution >= 0.6 is 0 Å². The van der Waals surface area contributed by atoms with Gasteiger partial charge >= 0.3 is 0 Å². The third-order valence-electron chi connectivity index (χ3n) is 2.53. The van der Waals surface area contributed by atoms with Crippen LogP contribution in [0.1, 0.15) is 56.0 Å². The topological polar surface area (TPSA) is 37.3 Å². The van der Waals surface area contributed by atoms with E-state index in [0.29, 0.717) is 11.5 Å². The van der Waals surface area contributed by atoms with Gasteiger partial charge in [0.25, 0.3) is 0 Å². The van der Waals surface area contributed by atoms with Crippen LogP contribution in [-0.2, 0) is 0 Å². The van der Waals surface area contributed by atoms with Crippen LogP contribution in [0, 0.1) is 0 Å². The molecule has 1 aromatic rings. The van der Waals surface area contributed by atoms with Gasteiger partial charge < -0.3 is 5.11 Å². The minimum Gasteiger partial charge on any atom is -0.388 e. The zero-order valence-corrected chi connectivity index (χ0v) is 10.7. The number of hydrogen-bond donors (Lipinski definition) is 1. The molecule has 1 rings (SSSR count).